The lowest BCUT2D eigenvalue weighted by atomic mass is 10.0. The van der Waals surface area contributed by atoms with Crippen molar-refractivity contribution in [1.29, 1.82) is 0 Å². The summed E-state index contributed by atoms with van der Waals surface area (Å²) in [6, 6.07) is 16.1. The molecule has 152 valence electrons. The maximum atomic E-state index is 13.1. The van der Waals surface area contributed by atoms with Crippen molar-refractivity contribution in [3.8, 4) is 5.75 Å². The Balaban J connectivity index is 1.77. The Kier molecular flexibility index (Phi) is 7.03. The summed E-state index contributed by atoms with van der Waals surface area (Å²) in [5.74, 6) is 0.323. The van der Waals surface area contributed by atoms with Gasteiger partial charge in [0.15, 0.2) is 0 Å². The number of amides is 2. The van der Waals surface area contributed by atoms with Crippen molar-refractivity contribution < 1.29 is 19.1 Å². The SMILES string of the molecule is COc1ccc(/C(C)=C/C(=O)N[C@H](C(=O)N2CCOCC2)c2ccccc2)cc1. The van der Waals surface area contributed by atoms with Gasteiger partial charge in [-0.05, 0) is 35.8 Å². The van der Waals surface area contributed by atoms with E-state index in [0.29, 0.717) is 26.3 Å². The molecule has 0 aliphatic carbocycles. The summed E-state index contributed by atoms with van der Waals surface area (Å²) in [5.41, 5.74) is 2.47. The lowest BCUT2D eigenvalue weighted by Crippen LogP contribution is -2.47. The zero-order valence-electron chi connectivity index (χ0n) is 16.8. The summed E-state index contributed by atoms with van der Waals surface area (Å²) < 4.78 is 10.5. The topological polar surface area (TPSA) is 67.9 Å². The molecule has 0 unspecified atom stereocenters. The first-order valence-electron chi connectivity index (χ1n) is 9.63. The molecule has 0 bridgehead atoms. The van der Waals surface area contributed by atoms with Crippen molar-refractivity contribution in [2.75, 3.05) is 33.4 Å². The number of hydrogen-bond donors (Lipinski definition) is 1. The number of ether oxygens (including phenoxy) is 2. The van der Waals surface area contributed by atoms with Crippen LogP contribution >= 0.6 is 0 Å². The number of methoxy groups -OCH3 is 1. The second-order valence-electron chi connectivity index (χ2n) is 6.85. The second kappa shape index (κ2) is 9.89. The molecule has 1 fully saturated rings. The Labute approximate surface area is 171 Å². The van der Waals surface area contributed by atoms with Gasteiger partial charge in [-0.3, -0.25) is 9.59 Å². The van der Waals surface area contributed by atoms with Gasteiger partial charge in [-0.1, -0.05) is 42.5 Å². The average molecular weight is 394 g/mol. The number of nitrogens with one attached hydrogen (secondary N) is 1. The van der Waals surface area contributed by atoms with Crippen LogP contribution in [0.1, 0.15) is 24.1 Å². The Bertz CT molecular complexity index is 856. The quantitative estimate of drug-likeness (QED) is 0.765. The van der Waals surface area contributed by atoms with E-state index in [-0.39, 0.29) is 11.8 Å². The summed E-state index contributed by atoms with van der Waals surface area (Å²) in [6.07, 6.45) is 1.52. The van der Waals surface area contributed by atoms with Gasteiger partial charge in [0, 0.05) is 19.2 Å². The number of morpholine rings is 1. The molecule has 2 aromatic carbocycles. The Morgan fingerprint density at radius 2 is 1.72 bits per heavy atom. The van der Waals surface area contributed by atoms with Crippen molar-refractivity contribution in [2.45, 2.75) is 13.0 Å². The number of allylic oxidation sites excluding steroid dienone is 1. The van der Waals surface area contributed by atoms with Gasteiger partial charge in [-0.15, -0.1) is 0 Å². The molecule has 1 N–H and O–H groups in total. The minimum atomic E-state index is -0.735. The van der Waals surface area contributed by atoms with Crippen LogP contribution in [0.25, 0.3) is 5.57 Å². The number of hydrogen-bond acceptors (Lipinski definition) is 4. The van der Waals surface area contributed by atoms with Gasteiger partial charge in [0.05, 0.1) is 20.3 Å². The maximum absolute atomic E-state index is 13.1. The Hall–Kier alpha value is -3.12. The summed E-state index contributed by atoms with van der Waals surface area (Å²) in [6.45, 7) is 3.94. The van der Waals surface area contributed by atoms with E-state index in [4.69, 9.17) is 9.47 Å². The fraction of sp³-hybridized carbons (Fsp3) is 0.304. The average Bonchev–Trinajstić information content (AvgIpc) is 2.78. The van der Waals surface area contributed by atoms with Crippen LogP contribution in [0.2, 0.25) is 0 Å². The van der Waals surface area contributed by atoms with E-state index in [2.05, 4.69) is 5.32 Å². The number of nitrogens with zero attached hydrogens (tertiary/aromatic N) is 1. The molecule has 6 nitrogen and oxygen atoms in total. The van der Waals surface area contributed by atoms with Gasteiger partial charge in [0.2, 0.25) is 11.8 Å². The number of rotatable bonds is 6. The fourth-order valence-electron chi connectivity index (χ4n) is 3.22. The van der Waals surface area contributed by atoms with Gasteiger partial charge in [0.1, 0.15) is 11.8 Å². The minimum absolute atomic E-state index is 0.122. The van der Waals surface area contributed by atoms with Crippen LogP contribution in [0.3, 0.4) is 0 Å². The summed E-state index contributed by atoms with van der Waals surface area (Å²) in [5, 5.41) is 2.88. The number of carbonyl (C=O) groups excluding carboxylic acids is 2. The molecule has 1 aliphatic rings. The van der Waals surface area contributed by atoms with E-state index in [1.54, 1.807) is 12.0 Å². The van der Waals surface area contributed by atoms with Gasteiger partial charge in [-0.2, -0.15) is 0 Å². The first-order chi connectivity index (χ1) is 14.1. The Morgan fingerprint density at radius 3 is 2.34 bits per heavy atom. The molecule has 1 atom stereocenters. The highest BCUT2D eigenvalue weighted by Crippen LogP contribution is 2.20. The van der Waals surface area contributed by atoms with E-state index in [1.807, 2.05) is 61.5 Å². The molecule has 2 amide bonds. The van der Waals surface area contributed by atoms with Crippen LogP contribution in [0.5, 0.6) is 5.75 Å². The second-order valence-corrected chi connectivity index (χ2v) is 6.85. The molecule has 0 aromatic heterocycles. The van der Waals surface area contributed by atoms with E-state index in [0.717, 1.165) is 22.4 Å². The third kappa shape index (κ3) is 5.45. The zero-order chi connectivity index (χ0) is 20.6. The summed E-state index contributed by atoms with van der Waals surface area (Å²) >= 11 is 0. The van der Waals surface area contributed by atoms with Gasteiger partial charge in [0.25, 0.3) is 0 Å². The Morgan fingerprint density at radius 1 is 1.07 bits per heavy atom. The smallest absolute Gasteiger partial charge is 0.249 e. The minimum Gasteiger partial charge on any atom is -0.497 e. The lowest BCUT2D eigenvalue weighted by Gasteiger charge is -2.30. The lowest BCUT2D eigenvalue weighted by molar-refractivity contribution is -0.139. The van der Waals surface area contributed by atoms with Crippen molar-refractivity contribution >= 4 is 17.4 Å². The standard InChI is InChI=1S/C23H26N2O4/c1-17(18-8-10-20(28-2)11-9-18)16-21(26)24-22(19-6-4-3-5-7-19)23(27)25-12-14-29-15-13-25/h3-11,16,22H,12-15H2,1-2H3,(H,24,26)/b17-16+/t22-/m0/s1. The predicted molar refractivity (Wildman–Crippen MR) is 111 cm³/mol. The van der Waals surface area contributed by atoms with Crippen molar-refractivity contribution in [3.05, 3.63) is 71.8 Å². The normalized spacial score (nSPS) is 15.5. The number of carbonyl (C=O) groups is 2. The molecule has 1 saturated heterocycles. The van der Waals surface area contributed by atoms with E-state index >= 15 is 0 Å². The highest BCUT2D eigenvalue weighted by atomic mass is 16.5. The first kappa shape index (κ1) is 20.6. The van der Waals surface area contributed by atoms with E-state index < -0.39 is 6.04 Å². The van der Waals surface area contributed by atoms with Crippen LogP contribution < -0.4 is 10.1 Å². The van der Waals surface area contributed by atoms with Gasteiger partial charge < -0.3 is 19.7 Å². The molecule has 0 radical (unpaired) electrons. The van der Waals surface area contributed by atoms with Gasteiger partial charge >= 0.3 is 0 Å². The molecule has 1 heterocycles. The van der Waals surface area contributed by atoms with Crippen LogP contribution in [0.4, 0.5) is 0 Å². The fourth-order valence-corrected chi connectivity index (χ4v) is 3.22. The summed E-state index contributed by atoms with van der Waals surface area (Å²) in [4.78, 5) is 27.5. The molecular weight excluding hydrogens is 368 g/mol. The molecule has 29 heavy (non-hydrogen) atoms. The van der Waals surface area contributed by atoms with Crippen molar-refractivity contribution in [1.82, 2.24) is 10.2 Å². The van der Waals surface area contributed by atoms with Crippen molar-refractivity contribution in [3.63, 3.8) is 0 Å². The molecule has 6 heteroatoms. The molecule has 1 aliphatic heterocycles. The van der Waals surface area contributed by atoms with Crippen LogP contribution in [-0.2, 0) is 14.3 Å². The van der Waals surface area contributed by atoms with Crippen LogP contribution in [-0.4, -0.2) is 50.1 Å². The third-order valence-corrected chi connectivity index (χ3v) is 4.88. The van der Waals surface area contributed by atoms with Crippen LogP contribution in [0, 0.1) is 0 Å². The zero-order valence-corrected chi connectivity index (χ0v) is 16.8. The predicted octanol–water partition coefficient (Wildman–Crippen LogP) is 2.81. The maximum Gasteiger partial charge on any atom is 0.249 e. The van der Waals surface area contributed by atoms with Crippen LogP contribution in [0.15, 0.2) is 60.7 Å². The molecule has 0 spiro atoms. The van der Waals surface area contributed by atoms with E-state index in [1.165, 1.54) is 6.08 Å². The van der Waals surface area contributed by atoms with E-state index in [9.17, 15) is 9.59 Å². The largest absolute Gasteiger partial charge is 0.497 e. The highest BCUT2D eigenvalue weighted by molar-refractivity contribution is 5.98. The highest BCUT2D eigenvalue weighted by Gasteiger charge is 2.28. The van der Waals surface area contributed by atoms with Crippen molar-refractivity contribution in [2.24, 2.45) is 0 Å². The van der Waals surface area contributed by atoms with Gasteiger partial charge in [-0.25, -0.2) is 0 Å². The molecule has 2 aromatic rings. The number of benzene rings is 2. The molecule has 0 saturated carbocycles. The monoisotopic (exact) mass is 394 g/mol. The third-order valence-electron chi connectivity index (χ3n) is 4.88. The molecular formula is C23H26N2O4. The first-order valence-corrected chi connectivity index (χ1v) is 9.63. The summed E-state index contributed by atoms with van der Waals surface area (Å²) in [7, 11) is 1.61. The molecule has 3 rings (SSSR count).